The molecule has 0 bridgehead atoms. The molecule has 0 aliphatic rings. The Labute approximate surface area is 27.3 Å². The molecular weight excluding hydrogens is 123 g/mol. The van der Waals surface area contributed by atoms with Gasteiger partial charge in [0, 0.05) is 0 Å². The Hall–Kier alpha value is 0.118. The van der Waals surface area contributed by atoms with E-state index in [9.17, 15) is 0 Å². The van der Waals surface area contributed by atoms with Crippen molar-refractivity contribution >= 4 is 14.9 Å². The summed E-state index contributed by atoms with van der Waals surface area (Å²) in [6, 6.07) is 0. The van der Waals surface area contributed by atoms with E-state index in [2.05, 4.69) is 0 Å². The normalized spacial score (nSPS) is 6.25. The fourth-order valence-electron chi connectivity index (χ4n) is 0. The molecule has 0 amide bonds. The third kappa shape index (κ3) is 189. The van der Waals surface area contributed by atoms with Gasteiger partial charge in [0.05, 0.1) is 0 Å². The summed E-state index contributed by atoms with van der Waals surface area (Å²) in [5.74, 6) is 0. The van der Waals surface area contributed by atoms with Crippen LogP contribution in [0, 0.1) is 0 Å². The molecule has 1 N–H and O–H groups in total. The molecule has 0 aromatic rings. The molecule has 0 aliphatic carbocycles. The van der Waals surface area contributed by atoms with Crippen molar-refractivity contribution in [1.82, 2.24) is 0 Å². The second-order valence-electron chi connectivity index (χ2n) is 0.238. The topological polar surface area (TPSA) is 54.4 Å². The number of rotatable bonds is 0. The first-order valence-corrected chi connectivity index (χ1v) is 2.94. The standard InChI is InChI=1S/AsHO3/c2-1(3)4/h(H,2,3,4). The maximum atomic E-state index is 8.67. The fourth-order valence-corrected chi connectivity index (χ4v) is 0. The first kappa shape index (κ1) is 4.12. The Balaban J connectivity index is 3.51. The van der Waals surface area contributed by atoms with Crippen molar-refractivity contribution in [3.8, 4) is 0 Å². The Bertz CT molecular complexity index is 51.7. The summed E-state index contributed by atoms with van der Waals surface area (Å²) < 4.78 is 24.4. The number of hydrogen-bond donors (Lipinski definition) is 1. The zero-order valence-corrected chi connectivity index (χ0v) is 3.59. The van der Waals surface area contributed by atoms with Crippen LogP contribution in [0.15, 0.2) is 0 Å². The molecule has 0 radical (unpaired) electrons. The van der Waals surface area contributed by atoms with E-state index in [-0.39, 0.29) is 0 Å². The quantitative estimate of drug-likeness (QED) is 0.413. The van der Waals surface area contributed by atoms with Crippen LogP contribution in [0.25, 0.3) is 0 Å². The molecular formula is HAsO3. The summed E-state index contributed by atoms with van der Waals surface area (Å²) >= 11 is -3.69. The number of hydrogen-bond acceptors (Lipinski definition) is 2. The van der Waals surface area contributed by atoms with E-state index in [1.165, 1.54) is 0 Å². The van der Waals surface area contributed by atoms with Crippen LogP contribution < -0.4 is 0 Å². The second kappa shape index (κ2) is 1.44. The third-order valence-electron chi connectivity index (χ3n) is 0. The first-order chi connectivity index (χ1) is 1.73. The molecule has 0 spiro atoms. The molecule has 0 fully saturated rings. The van der Waals surface area contributed by atoms with E-state index in [4.69, 9.17) is 11.6 Å². The Kier molecular flexibility index (Phi) is 1.48. The zero-order valence-electron chi connectivity index (χ0n) is 1.71. The third-order valence-corrected chi connectivity index (χ3v) is 0. The van der Waals surface area contributed by atoms with E-state index in [1.54, 1.807) is 0 Å². The molecule has 3 nitrogen and oxygen atoms in total. The van der Waals surface area contributed by atoms with Gasteiger partial charge < -0.3 is 0 Å². The van der Waals surface area contributed by atoms with Gasteiger partial charge in [-0.3, -0.25) is 0 Å². The predicted octanol–water partition coefficient (Wildman–Crippen LogP) is -1.18. The van der Waals surface area contributed by atoms with Crippen LogP contribution >= 0.6 is 0 Å². The molecule has 0 rings (SSSR count). The average molecular weight is 124 g/mol. The van der Waals surface area contributed by atoms with Crippen LogP contribution in [0.4, 0.5) is 0 Å². The SMILES string of the molecule is O=[As](=O)O. The molecule has 0 atom stereocenters. The van der Waals surface area contributed by atoms with Gasteiger partial charge in [-0.1, -0.05) is 0 Å². The summed E-state index contributed by atoms with van der Waals surface area (Å²) in [6.07, 6.45) is 0. The summed E-state index contributed by atoms with van der Waals surface area (Å²) in [7, 11) is 0. The zero-order chi connectivity index (χ0) is 3.58. The van der Waals surface area contributed by atoms with Gasteiger partial charge in [-0.15, -0.1) is 0 Å². The van der Waals surface area contributed by atoms with E-state index in [0.29, 0.717) is 0 Å². The molecule has 0 saturated carbocycles. The van der Waals surface area contributed by atoms with Gasteiger partial charge in [0.25, 0.3) is 0 Å². The molecule has 0 aromatic heterocycles. The molecule has 0 heterocycles. The predicted molar refractivity (Wildman–Crippen MR) is 9.35 cm³/mol. The van der Waals surface area contributed by atoms with Crippen LogP contribution in [-0.4, -0.2) is 19.0 Å². The van der Waals surface area contributed by atoms with Crippen molar-refractivity contribution in [2.75, 3.05) is 0 Å². The summed E-state index contributed by atoms with van der Waals surface area (Å²) in [5, 5.41) is 0. The van der Waals surface area contributed by atoms with Crippen LogP contribution in [0.2, 0.25) is 0 Å². The van der Waals surface area contributed by atoms with Gasteiger partial charge in [-0.25, -0.2) is 0 Å². The minimum atomic E-state index is -3.69. The first-order valence-electron chi connectivity index (χ1n) is 0.565. The van der Waals surface area contributed by atoms with Crippen molar-refractivity contribution in [1.29, 1.82) is 0 Å². The van der Waals surface area contributed by atoms with Crippen LogP contribution in [0.3, 0.4) is 0 Å². The Morgan fingerprint density at radius 1 is 1.50 bits per heavy atom. The monoisotopic (exact) mass is 124 g/mol. The van der Waals surface area contributed by atoms with Gasteiger partial charge in [0.2, 0.25) is 0 Å². The molecule has 4 heteroatoms. The van der Waals surface area contributed by atoms with Crippen molar-refractivity contribution in [3.63, 3.8) is 0 Å². The van der Waals surface area contributed by atoms with Crippen LogP contribution in [0.5, 0.6) is 0 Å². The summed E-state index contributed by atoms with van der Waals surface area (Å²) in [6.45, 7) is 0. The average Bonchev–Trinajstić information content (AvgIpc) is 0.811. The maximum absolute atomic E-state index is 8.67. The van der Waals surface area contributed by atoms with E-state index >= 15 is 0 Å². The van der Waals surface area contributed by atoms with Crippen LogP contribution in [-0.2, 0) is 7.48 Å². The summed E-state index contributed by atoms with van der Waals surface area (Å²) in [5.41, 5.74) is 0. The molecule has 0 aliphatic heterocycles. The fraction of sp³-hybridized carbons (Fsp3) is 0. The van der Waals surface area contributed by atoms with Gasteiger partial charge >= 0.3 is 26.4 Å². The Morgan fingerprint density at radius 2 is 1.50 bits per heavy atom. The van der Waals surface area contributed by atoms with Crippen molar-refractivity contribution in [2.45, 2.75) is 0 Å². The molecule has 0 unspecified atom stereocenters. The van der Waals surface area contributed by atoms with E-state index in [0.717, 1.165) is 0 Å². The van der Waals surface area contributed by atoms with Crippen molar-refractivity contribution in [3.05, 3.63) is 0 Å². The molecule has 4 heavy (non-hydrogen) atoms. The van der Waals surface area contributed by atoms with Gasteiger partial charge in [0.1, 0.15) is 0 Å². The van der Waals surface area contributed by atoms with Crippen molar-refractivity contribution in [2.24, 2.45) is 0 Å². The molecule has 0 saturated heterocycles. The van der Waals surface area contributed by atoms with Crippen LogP contribution in [0.1, 0.15) is 0 Å². The summed E-state index contributed by atoms with van der Waals surface area (Å²) in [4.78, 5) is 0. The van der Waals surface area contributed by atoms with E-state index in [1.807, 2.05) is 0 Å². The molecule has 24 valence electrons. The van der Waals surface area contributed by atoms with Gasteiger partial charge in [-0.2, -0.15) is 0 Å². The van der Waals surface area contributed by atoms with E-state index < -0.39 is 14.9 Å². The second-order valence-corrected chi connectivity index (χ2v) is 1.24. The minimum absolute atomic E-state index is 3.69. The van der Waals surface area contributed by atoms with Gasteiger partial charge in [0.15, 0.2) is 0 Å². The Morgan fingerprint density at radius 3 is 1.50 bits per heavy atom. The molecule has 0 aromatic carbocycles. The van der Waals surface area contributed by atoms with Crippen molar-refractivity contribution < 1.29 is 11.6 Å². The van der Waals surface area contributed by atoms with Gasteiger partial charge in [-0.05, 0) is 0 Å².